The van der Waals surface area contributed by atoms with Crippen molar-refractivity contribution in [1.29, 1.82) is 0 Å². The molecule has 7 nitrogen and oxygen atoms in total. The van der Waals surface area contributed by atoms with Crippen LogP contribution in [0.2, 0.25) is 0 Å². The van der Waals surface area contributed by atoms with Crippen LogP contribution >= 0.6 is 0 Å². The summed E-state index contributed by atoms with van der Waals surface area (Å²) in [5, 5.41) is 2.84. The average Bonchev–Trinajstić information content (AvgIpc) is 2.72. The van der Waals surface area contributed by atoms with Gasteiger partial charge in [0.05, 0.1) is 4.90 Å². The molecule has 2 rings (SSSR count). The van der Waals surface area contributed by atoms with Gasteiger partial charge in [-0.3, -0.25) is 9.59 Å². The maximum absolute atomic E-state index is 13.1. The molecule has 168 valence electrons. The van der Waals surface area contributed by atoms with E-state index in [0.29, 0.717) is 32.1 Å². The fourth-order valence-corrected chi connectivity index (χ4v) is 5.34. The Morgan fingerprint density at radius 2 is 1.90 bits per heavy atom. The van der Waals surface area contributed by atoms with Crippen molar-refractivity contribution in [2.45, 2.75) is 58.4 Å². The number of carbonyl (C=O) groups excluding carboxylic acids is 2. The molecule has 0 radical (unpaired) electrons. The lowest BCUT2D eigenvalue weighted by atomic mass is 9.97. The Balaban J connectivity index is 2.21. The van der Waals surface area contributed by atoms with Gasteiger partial charge in [-0.25, -0.2) is 8.42 Å². The molecule has 1 aliphatic heterocycles. The van der Waals surface area contributed by atoms with Crippen molar-refractivity contribution in [2.24, 2.45) is 11.8 Å². The lowest BCUT2D eigenvalue weighted by Crippen LogP contribution is -2.53. The van der Waals surface area contributed by atoms with Crippen molar-refractivity contribution in [3.63, 3.8) is 0 Å². The first-order chi connectivity index (χ1) is 14.1. The normalized spacial score (nSPS) is 18.5. The van der Waals surface area contributed by atoms with Crippen LogP contribution in [0.5, 0.6) is 0 Å². The van der Waals surface area contributed by atoms with Gasteiger partial charge in [0.25, 0.3) is 5.91 Å². The van der Waals surface area contributed by atoms with Crippen molar-refractivity contribution in [3.05, 3.63) is 29.8 Å². The summed E-state index contributed by atoms with van der Waals surface area (Å²) in [7, 11) is -3.66. The average molecular weight is 438 g/mol. The third kappa shape index (κ3) is 5.60. The molecule has 1 heterocycles. The Morgan fingerprint density at radius 1 is 1.23 bits per heavy atom. The van der Waals surface area contributed by atoms with Crippen LogP contribution in [0, 0.1) is 11.8 Å². The van der Waals surface area contributed by atoms with Crippen molar-refractivity contribution < 1.29 is 18.0 Å². The van der Waals surface area contributed by atoms with Gasteiger partial charge in [0, 0.05) is 31.7 Å². The number of piperidine rings is 1. The van der Waals surface area contributed by atoms with Gasteiger partial charge < -0.3 is 10.2 Å². The number of likely N-dealkylation sites (tertiary alicyclic amines) is 1. The summed E-state index contributed by atoms with van der Waals surface area (Å²) in [6.45, 7) is 11.6. The maximum Gasteiger partial charge on any atom is 0.251 e. The second kappa shape index (κ2) is 10.4. The zero-order chi connectivity index (χ0) is 22.5. The zero-order valence-electron chi connectivity index (χ0n) is 18.7. The van der Waals surface area contributed by atoms with Gasteiger partial charge in [0.1, 0.15) is 6.04 Å². The third-order valence-electron chi connectivity index (χ3n) is 5.63. The van der Waals surface area contributed by atoms with E-state index in [2.05, 4.69) is 12.2 Å². The van der Waals surface area contributed by atoms with Crippen LogP contribution in [0.15, 0.2) is 29.2 Å². The predicted molar refractivity (Wildman–Crippen MR) is 118 cm³/mol. The van der Waals surface area contributed by atoms with Crippen LogP contribution < -0.4 is 5.32 Å². The van der Waals surface area contributed by atoms with E-state index in [0.717, 1.165) is 12.8 Å². The Bertz CT molecular complexity index is 850. The Morgan fingerprint density at radius 3 is 2.47 bits per heavy atom. The summed E-state index contributed by atoms with van der Waals surface area (Å²) in [4.78, 5) is 27.9. The topological polar surface area (TPSA) is 86.8 Å². The molecule has 0 aliphatic carbocycles. The second-order valence-electron chi connectivity index (χ2n) is 8.34. The molecule has 0 unspecified atom stereocenters. The molecule has 1 aromatic carbocycles. The lowest BCUT2D eigenvalue weighted by molar-refractivity contribution is -0.136. The van der Waals surface area contributed by atoms with E-state index in [1.54, 1.807) is 26.0 Å². The Kier molecular flexibility index (Phi) is 8.43. The molecule has 0 bridgehead atoms. The molecule has 0 saturated carbocycles. The number of hydrogen-bond acceptors (Lipinski definition) is 4. The smallest absolute Gasteiger partial charge is 0.251 e. The van der Waals surface area contributed by atoms with Crippen LogP contribution in [0.3, 0.4) is 0 Å². The lowest BCUT2D eigenvalue weighted by Gasteiger charge is -2.35. The number of hydrogen-bond donors (Lipinski definition) is 1. The highest BCUT2D eigenvalue weighted by molar-refractivity contribution is 7.89. The number of nitrogens with zero attached hydrogens (tertiary/aromatic N) is 2. The highest BCUT2D eigenvalue weighted by Crippen LogP contribution is 2.20. The van der Waals surface area contributed by atoms with E-state index < -0.39 is 22.0 Å². The van der Waals surface area contributed by atoms with Crippen molar-refractivity contribution in [3.8, 4) is 0 Å². The summed E-state index contributed by atoms with van der Waals surface area (Å²) in [6.07, 6.45) is 2.08. The summed E-state index contributed by atoms with van der Waals surface area (Å²) >= 11 is 0. The molecule has 1 aromatic rings. The Labute approximate surface area is 180 Å². The van der Waals surface area contributed by atoms with E-state index in [-0.39, 0.29) is 22.3 Å². The molecule has 1 N–H and O–H groups in total. The molecule has 2 amide bonds. The third-order valence-corrected chi connectivity index (χ3v) is 7.67. The molecule has 1 aliphatic rings. The Hall–Kier alpha value is -1.93. The minimum absolute atomic E-state index is 0.0724. The van der Waals surface area contributed by atoms with E-state index in [1.807, 2.05) is 18.7 Å². The molecule has 0 spiro atoms. The molecular formula is C22H35N3O4S. The van der Waals surface area contributed by atoms with Crippen molar-refractivity contribution in [1.82, 2.24) is 14.5 Å². The quantitative estimate of drug-likeness (QED) is 0.677. The molecule has 0 aromatic heterocycles. The molecule has 2 atom stereocenters. The van der Waals surface area contributed by atoms with E-state index in [1.165, 1.54) is 16.4 Å². The second-order valence-corrected chi connectivity index (χ2v) is 10.3. The fraction of sp³-hybridized carbons (Fsp3) is 0.636. The highest BCUT2D eigenvalue weighted by atomic mass is 32.2. The predicted octanol–water partition coefficient (Wildman–Crippen LogP) is 2.73. The van der Waals surface area contributed by atoms with Crippen LogP contribution in [-0.2, 0) is 14.8 Å². The van der Waals surface area contributed by atoms with E-state index in [4.69, 9.17) is 0 Å². The van der Waals surface area contributed by atoms with Crippen LogP contribution in [0.4, 0.5) is 0 Å². The van der Waals surface area contributed by atoms with Crippen molar-refractivity contribution >= 4 is 21.8 Å². The van der Waals surface area contributed by atoms with Crippen molar-refractivity contribution in [2.75, 3.05) is 26.2 Å². The minimum Gasteiger partial charge on any atom is -0.341 e. The highest BCUT2D eigenvalue weighted by Gasteiger charge is 2.31. The van der Waals surface area contributed by atoms with Gasteiger partial charge in [0.15, 0.2) is 0 Å². The van der Waals surface area contributed by atoms with Gasteiger partial charge in [-0.05, 0) is 42.9 Å². The van der Waals surface area contributed by atoms with Gasteiger partial charge in [-0.1, -0.05) is 40.7 Å². The van der Waals surface area contributed by atoms with E-state index >= 15 is 0 Å². The summed E-state index contributed by atoms with van der Waals surface area (Å²) in [5.74, 6) is -0.144. The van der Waals surface area contributed by atoms with E-state index in [9.17, 15) is 18.0 Å². The number of amides is 2. The summed E-state index contributed by atoms with van der Waals surface area (Å²) in [5.41, 5.74) is 0.230. The first-order valence-corrected chi connectivity index (χ1v) is 12.3. The molecular weight excluding hydrogens is 402 g/mol. The summed E-state index contributed by atoms with van der Waals surface area (Å²) in [6, 6.07) is 5.36. The molecule has 8 heteroatoms. The number of rotatable bonds is 8. The fourth-order valence-electron chi connectivity index (χ4n) is 3.83. The number of sulfonamides is 1. The standard InChI is InChI=1S/C22H35N3O4S/c1-6-25(7-2)30(28,29)19-12-8-11-18(14-19)21(26)23-20(16(3)4)22(27)24-13-9-10-17(5)15-24/h8,11-12,14,16-17,20H,6-7,9-10,13,15H2,1-5H3,(H,23,26)/t17-,20-/m0/s1. The van der Waals surface area contributed by atoms with Gasteiger partial charge in [-0.15, -0.1) is 0 Å². The van der Waals surface area contributed by atoms with Crippen LogP contribution in [-0.4, -0.2) is 61.7 Å². The molecule has 30 heavy (non-hydrogen) atoms. The molecule has 1 saturated heterocycles. The monoisotopic (exact) mass is 437 g/mol. The number of benzene rings is 1. The van der Waals surface area contributed by atoms with Gasteiger partial charge in [-0.2, -0.15) is 4.31 Å². The van der Waals surface area contributed by atoms with Gasteiger partial charge >= 0.3 is 0 Å². The number of nitrogens with one attached hydrogen (secondary N) is 1. The minimum atomic E-state index is -3.66. The zero-order valence-corrected chi connectivity index (χ0v) is 19.5. The number of carbonyl (C=O) groups is 2. The first-order valence-electron chi connectivity index (χ1n) is 10.8. The van der Waals surface area contributed by atoms with Crippen LogP contribution in [0.1, 0.15) is 57.8 Å². The maximum atomic E-state index is 13.1. The largest absolute Gasteiger partial charge is 0.341 e. The van der Waals surface area contributed by atoms with Crippen LogP contribution in [0.25, 0.3) is 0 Å². The SMILES string of the molecule is CCN(CC)S(=O)(=O)c1cccc(C(=O)N[C@H](C(=O)N2CCC[C@H](C)C2)C(C)C)c1. The summed E-state index contributed by atoms with van der Waals surface area (Å²) < 4.78 is 26.9. The first kappa shape index (κ1) is 24.3. The molecule has 1 fully saturated rings. The van der Waals surface area contributed by atoms with Gasteiger partial charge in [0.2, 0.25) is 15.9 Å².